The van der Waals surface area contributed by atoms with E-state index in [1.54, 1.807) is 12.3 Å². The molecule has 1 saturated heterocycles. The lowest BCUT2D eigenvalue weighted by Gasteiger charge is -2.36. The number of hydrogen-bond donors (Lipinski definition) is 2. The molecule has 0 spiro atoms. The number of ether oxygens (including phenoxy) is 1. The summed E-state index contributed by atoms with van der Waals surface area (Å²) in [6, 6.07) is 21.7. The number of hydrogen-bond acceptors (Lipinski definition) is 6. The van der Waals surface area contributed by atoms with Crippen molar-refractivity contribution in [1.82, 2.24) is 25.4 Å². The van der Waals surface area contributed by atoms with E-state index in [9.17, 15) is 9.59 Å². The molecule has 44 heavy (non-hydrogen) atoms. The molecule has 4 aromatic rings. The summed E-state index contributed by atoms with van der Waals surface area (Å²) in [7, 11) is 0. The number of carbonyl (C=O) groups excluding carboxylic acids is 1. The molecule has 2 aromatic heterocycles. The van der Waals surface area contributed by atoms with E-state index in [2.05, 4.69) is 39.2 Å². The maximum Gasteiger partial charge on any atom is 0.251 e. The topological polar surface area (TPSA) is 100 Å². The van der Waals surface area contributed by atoms with Gasteiger partial charge in [0.2, 0.25) is 0 Å². The number of rotatable bonds is 9. The van der Waals surface area contributed by atoms with Crippen molar-refractivity contribution < 1.29 is 9.53 Å². The molecule has 2 aliphatic rings. The number of amides is 1. The average Bonchev–Trinajstić information content (AvgIpc) is 3.59. The lowest BCUT2D eigenvalue weighted by atomic mass is 10.0. The van der Waals surface area contributed by atoms with E-state index in [1.807, 2.05) is 60.7 Å². The molecule has 1 amide bonds. The number of pyridine rings is 1. The highest BCUT2D eigenvalue weighted by molar-refractivity contribution is 5.95. The molecule has 2 fully saturated rings. The van der Waals surface area contributed by atoms with E-state index >= 15 is 0 Å². The molecule has 8 heteroatoms. The van der Waals surface area contributed by atoms with Gasteiger partial charge < -0.3 is 19.9 Å². The zero-order chi connectivity index (χ0) is 30.5. The molecule has 0 radical (unpaired) electrons. The van der Waals surface area contributed by atoms with Crippen molar-refractivity contribution in [2.75, 3.05) is 13.1 Å². The third-order valence-corrected chi connectivity index (χ3v) is 8.97. The van der Waals surface area contributed by atoms with Gasteiger partial charge in [-0.3, -0.25) is 9.59 Å². The molecular weight excluding hydrogens is 550 g/mol. The van der Waals surface area contributed by atoms with Gasteiger partial charge in [-0.2, -0.15) is 10.2 Å². The number of aromatic amines is 1. The second kappa shape index (κ2) is 13.6. The van der Waals surface area contributed by atoms with E-state index in [-0.39, 0.29) is 17.5 Å². The Bertz CT molecular complexity index is 1620. The summed E-state index contributed by atoms with van der Waals surface area (Å²) < 4.78 is 6.38. The number of nitrogens with one attached hydrogen (secondary N) is 2. The predicted molar refractivity (Wildman–Crippen MR) is 172 cm³/mol. The first kappa shape index (κ1) is 29.8. The van der Waals surface area contributed by atoms with Gasteiger partial charge in [-0.05, 0) is 91.8 Å². The van der Waals surface area contributed by atoms with Gasteiger partial charge in [0, 0.05) is 54.5 Å². The highest BCUT2D eigenvalue weighted by Gasteiger charge is 2.28. The molecule has 1 aliphatic carbocycles. The quantitative estimate of drug-likeness (QED) is 0.231. The summed E-state index contributed by atoms with van der Waals surface area (Å²) in [5, 5.41) is 12.0. The average molecular weight is 592 g/mol. The van der Waals surface area contributed by atoms with Crippen LogP contribution in [0.5, 0.6) is 11.5 Å². The SMILES string of the molecule is CC(C)c1ccc(-c2ccc(Oc3cc(C(=O)NC4CCN(C5CCCC5)CC4)ccc3Cc3ccc[nH]c3=O)cc2)nn1. The molecule has 0 bridgehead atoms. The Hall–Kier alpha value is -4.30. The Morgan fingerprint density at radius 1 is 0.955 bits per heavy atom. The molecule has 0 unspecified atom stereocenters. The van der Waals surface area contributed by atoms with Gasteiger partial charge in [0.1, 0.15) is 11.5 Å². The van der Waals surface area contributed by atoms with Crippen LogP contribution in [0.4, 0.5) is 0 Å². The van der Waals surface area contributed by atoms with Gasteiger partial charge in [-0.1, -0.05) is 38.8 Å². The van der Waals surface area contributed by atoms with Crippen molar-refractivity contribution in [1.29, 1.82) is 0 Å². The molecule has 6 rings (SSSR count). The van der Waals surface area contributed by atoms with Crippen molar-refractivity contribution in [3.05, 3.63) is 106 Å². The van der Waals surface area contributed by atoms with Crippen LogP contribution in [0.2, 0.25) is 0 Å². The molecule has 228 valence electrons. The third-order valence-electron chi connectivity index (χ3n) is 8.97. The van der Waals surface area contributed by atoms with E-state index in [1.165, 1.54) is 25.7 Å². The summed E-state index contributed by atoms with van der Waals surface area (Å²) in [5.74, 6) is 1.39. The van der Waals surface area contributed by atoms with Gasteiger partial charge in [0.15, 0.2) is 0 Å². The summed E-state index contributed by atoms with van der Waals surface area (Å²) in [5.41, 5.74) is 4.53. The summed E-state index contributed by atoms with van der Waals surface area (Å²) in [6.45, 7) is 6.27. The summed E-state index contributed by atoms with van der Waals surface area (Å²) in [4.78, 5) is 31.2. The Kier molecular flexibility index (Phi) is 9.17. The fourth-order valence-electron chi connectivity index (χ4n) is 6.31. The lowest BCUT2D eigenvalue weighted by molar-refractivity contribution is 0.0892. The molecule has 3 heterocycles. The maximum atomic E-state index is 13.4. The Morgan fingerprint density at radius 3 is 2.41 bits per heavy atom. The molecule has 8 nitrogen and oxygen atoms in total. The van der Waals surface area contributed by atoms with Crippen LogP contribution < -0.4 is 15.6 Å². The second-order valence-electron chi connectivity index (χ2n) is 12.4. The van der Waals surface area contributed by atoms with Crippen molar-refractivity contribution in [3.63, 3.8) is 0 Å². The maximum absolute atomic E-state index is 13.4. The van der Waals surface area contributed by atoms with Gasteiger partial charge in [-0.25, -0.2) is 0 Å². The molecule has 1 saturated carbocycles. The Morgan fingerprint density at radius 2 is 1.73 bits per heavy atom. The fraction of sp³-hybridized carbons (Fsp3) is 0.389. The van der Waals surface area contributed by atoms with E-state index in [4.69, 9.17) is 4.74 Å². The van der Waals surface area contributed by atoms with Crippen molar-refractivity contribution >= 4 is 5.91 Å². The Balaban J connectivity index is 1.18. The van der Waals surface area contributed by atoms with Crippen molar-refractivity contribution in [2.24, 2.45) is 0 Å². The number of piperidine rings is 1. The number of carbonyl (C=O) groups is 1. The van der Waals surface area contributed by atoms with Gasteiger partial charge in [-0.15, -0.1) is 0 Å². The van der Waals surface area contributed by atoms with Crippen LogP contribution >= 0.6 is 0 Å². The number of benzene rings is 2. The zero-order valence-electron chi connectivity index (χ0n) is 25.6. The van der Waals surface area contributed by atoms with Gasteiger partial charge in [0.25, 0.3) is 11.5 Å². The van der Waals surface area contributed by atoms with Crippen LogP contribution in [0.25, 0.3) is 11.3 Å². The van der Waals surface area contributed by atoms with Crippen LogP contribution in [0.1, 0.15) is 85.5 Å². The first-order valence-electron chi connectivity index (χ1n) is 15.9. The molecule has 2 N–H and O–H groups in total. The zero-order valence-corrected chi connectivity index (χ0v) is 25.6. The van der Waals surface area contributed by atoms with E-state index in [0.29, 0.717) is 35.0 Å². The van der Waals surface area contributed by atoms with Crippen molar-refractivity contribution in [2.45, 2.75) is 76.8 Å². The van der Waals surface area contributed by atoms with Crippen LogP contribution in [0, 0.1) is 0 Å². The molecule has 0 atom stereocenters. The molecule has 2 aromatic carbocycles. The number of aromatic nitrogens is 3. The summed E-state index contributed by atoms with van der Waals surface area (Å²) >= 11 is 0. The highest BCUT2D eigenvalue weighted by Crippen LogP contribution is 2.31. The number of H-pyrrole nitrogens is 1. The predicted octanol–water partition coefficient (Wildman–Crippen LogP) is 6.48. The fourth-order valence-corrected chi connectivity index (χ4v) is 6.31. The third kappa shape index (κ3) is 7.08. The largest absolute Gasteiger partial charge is 0.457 e. The highest BCUT2D eigenvalue weighted by atomic mass is 16.5. The van der Waals surface area contributed by atoms with Crippen LogP contribution in [0.3, 0.4) is 0 Å². The number of likely N-dealkylation sites (tertiary alicyclic amines) is 1. The summed E-state index contributed by atoms with van der Waals surface area (Å²) in [6.07, 6.45) is 9.23. The first-order valence-corrected chi connectivity index (χ1v) is 15.9. The smallest absolute Gasteiger partial charge is 0.251 e. The van der Waals surface area contributed by atoms with Crippen molar-refractivity contribution in [3.8, 4) is 22.8 Å². The van der Waals surface area contributed by atoms with E-state index in [0.717, 1.165) is 54.5 Å². The molecular formula is C36H41N5O3. The van der Waals surface area contributed by atoms with E-state index < -0.39 is 0 Å². The lowest BCUT2D eigenvalue weighted by Crippen LogP contribution is -2.47. The standard InChI is InChI=1S/C36H41N5O3/c1-24(2)32-15-16-33(40-39-32)25-11-13-31(14-12-25)44-34-23-28(10-9-26(34)22-27-6-5-19-37-35(27)42)36(43)38-29-17-20-41(21-18-29)30-7-3-4-8-30/h5-6,9-16,19,23-24,29-30H,3-4,7-8,17-18,20-22H2,1-2H3,(H,37,42)(H,38,43). The minimum Gasteiger partial charge on any atom is -0.457 e. The van der Waals surface area contributed by atoms with Crippen LogP contribution in [-0.4, -0.2) is 51.2 Å². The molecule has 1 aliphatic heterocycles. The second-order valence-corrected chi connectivity index (χ2v) is 12.4. The normalized spacial score (nSPS) is 16.3. The van der Waals surface area contributed by atoms with Gasteiger partial charge >= 0.3 is 0 Å². The van der Waals surface area contributed by atoms with Crippen LogP contribution in [-0.2, 0) is 6.42 Å². The minimum absolute atomic E-state index is 0.1000. The monoisotopic (exact) mass is 591 g/mol. The van der Waals surface area contributed by atoms with Crippen LogP contribution in [0.15, 0.2) is 77.7 Å². The minimum atomic E-state index is -0.141. The Labute approximate surface area is 258 Å². The number of nitrogens with zero attached hydrogens (tertiary/aromatic N) is 3. The first-order chi connectivity index (χ1) is 21.4. The van der Waals surface area contributed by atoms with Gasteiger partial charge in [0.05, 0.1) is 11.4 Å².